The number of carbonyl (C=O) groups excluding carboxylic acids is 3. The van der Waals surface area contributed by atoms with Gasteiger partial charge in [0.1, 0.15) is 29.4 Å². The molecule has 3 fully saturated rings. The maximum absolute atomic E-state index is 14.2. The molecule has 178 valence electrons. The Kier molecular flexibility index (Phi) is 5.71. The lowest BCUT2D eigenvalue weighted by atomic mass is 9.92. The highest BCUT2D eigenvalue weighted by Gasteiger charge is 2.50. The van der Waals surface area contributed by atoms with E-state index in [1.807, 2.05) is 0 Å². The first-order valence-corrected chi connectivity index (χ1v) is 11.6. The fourth-order valence-corrected chi connectivity index (χ4v) is 5.84. The van der Waals surface area contributed by atoms with Crippen molar-refractivity contribution in [2.75, 3.05) is 13.1 Å². The van der Waals surface area contributed by atoms with E-state index in [1.165, 1.54) is 11.0 Å². The summed E-state index contributed by atoms with van der Waals surface area (Å²) in [4.78, 5) is 42.9. The van der Waals surface area contributed by atoms with Crippen molar-refractivity contribution in [2.45, 2.75) is 44.2 Å². The summed E-state index contributed by atoms with van der Waals surface area (Å²) in [6, 6.07) is 3.68. The van der Waals surface area contributed by atoms with Crippen LogP contribution in [0.5, 0.6) is 0 Å². The van der Waals surface area contributed by atoms with Crippen LogP contribution in [0.15, 0.2) is 18.2 Å². The molecule has 34 heavy (non-hydrogen) atoms. The van der Waals surface area contributed by atoms with Crippen LogP contribution < -0.4 is 10.6 Å². The minimum Gasteiger partial charge on any atom is -0.356 e. The molecule has 0 radical (unpaired) electrons. The summed E-state index contributed by atoms with van der Waals surface area (Å²) in [5.41, 5.74) is 0.248. The molecular weight excluding hydrogens is 444 g/mol. The van der Waals surface area contributed by atoms with Crippen LogP contribution in [0.25, 0.3) is 10.9 Å². The molecular formula is C24H25F2N5O3. The Morgan fingerprint density at radius 1 is 1.24 bits per heavy atom. The van der Waals surface area contributed by atoms with Crippen LogP contribution >= 0.6 is 0 Å². The fraction of sp³-hybridized carbons (Fsp3) is 0.500. The standard InChI is InChI=1S/C24H25F2N5O3/c25-14-7-18(26)17-9-20(30-19(17)8-14)24(34)31-11-13-2-1-3-16(13)21(31)23(33)29-15(10-27)6-12-4-5-28-22(12)32/h7-9,12-13,15-16,21,30H,1-6,11H2,(H,28,32)(H,29,33)/t12-,13?,15?,16?,21-/m0/s1. The molecule has 1 aliphatic carbocycles. The van der Waals surface area contributed by atoms with Gasteiger partial charge in [-0.1, -0.05) is 6.42 Å². The van der Waals surface area contributed by atoms with Crippen LogP contribution in [0.2, 0.25) is 0 Å². The molecule has 3 N–H and O–H groups in total. The first-order valence-electron chi connectivity index (χ1n) is 11.6. The lowest BCUT2D eigenvalue weighted by Crippen LogP contribution is -2.51. The van der Waals surface area contributed by atoms with Crippen molar-refractivity contribution in [3.05, 3.63) is 35.5 Å². The number of nitrogens with one attached hydrogen (secondary N) is 3. The summed E-state index contributed by atoms with van der Waals surface area (Å²) in [5.74, 6) is -2.72. The van der Waals surface area contributed by atoms with E-state index in [-0.39, 0.29) is 46.7 Å². The van der Waals surface area contributed by atoms with Gasteiger partial charge in [0.2, 0.25) is 11.8 Å². The highest BCUT2D eigenvalue weighted by molar-refractivity contribution is 6.01. The number of hydrogen-bond donors (Lipinski definition) is 3. The molecule has 1 aromatic carbocycles. The summed E-state index contributed by atoms with van der Waals surface area (Å²) in [7, 11) is 0. The SMILES string of the molecule is N#CC(C[C@@H]1CCNC1=O)NC(=O)[C@@H]1C2CCCC2CN1C(=O)c1cc2c(F)cc(F)cc2[nH]1. The maximum Gasteiger partial charge on any atom is 0.271 e. The zero-order valence-electron chi connectivity index (χ0n) is 18.4. The predicted octanol–water partition coefficient (Wildman–Crippen LogP) is 2.22. The summed E-state index contributed by atoms with van der Waals surface area (Å²) in [6.45, 7) is 0.940. The van der Waals surface area contributed by atoms with E-state index < -0.39 is 35.5 Å². The first-order chi connectivity index (χ1) is 16.4. The Labute approximate surface area is 194 Å². The van der Waals surface area contributed by atoms with Gasteiger partial charge in [-0.2, -0.15) is 5.26 Å². The first kappa shape index (κ1) is 22.3. The van der Waals surface area contributed by atoms with E-state index in [4.69, 9.17) is 0 Å². The van der Waals surface area contributed by atoms with Gasteiger partial charge in [0.25, 0.3) is 5.91 Å². The van der Waals surface area contributed by atoms with Gasteiger partial charge >= 0.3 is 0 Å². The number of nitriles is 1. The number of nitrogens with zero attached hydrogens (tertiary/aromatic N) is 2. The van der Waals surface area contributed by atoms with Gasteiger partial charge in [-0.3, -0.25) is 14.4 Å². The number of H-pyrrole nitrogens is 1. The molecule has 3 heterocycles. The number of halogens is 2. The lowest BCUT2D eigenvalue weighted by molar-refractivity contribution is -0.127. The van der Waals surface area contributed by atoms with Crippen molar-refractivity contribution in [1.29, 1.82) is 5.26 Å². The normalized spacial score (nSPS) is 26.9. The molecule has 5 atom stereocenters. The average molecular weight is 469 g/mol. The molecule has 1 saturated carbocycles. The number of rotatable bonds is 5. The Morgan fingerprint density at radius 3 is 2.79 bits per heavy atom. The van der Waals surface area contributed by atoms with Crippen LogP contribution in [-0.4, -0.2) is 52.8 Å². The van der Waals surface area contributed by atoms with Crippen molar-refractivity contribution >= 4 is 28.6 Å². The number of fused-ring (bicyclic) bond motifs is 2. The summed E-state index contributed by atoms with van der Waals surface area (Å²) >= 11 is 0. The summed E-state index contributed by atoms with van der Waals surface area (Å²) in [5, 5.41) is 15.2. The van der Waals surface area contributed by atoms with Crippen molar-refractivity contribution in [1.82, 2.24) is 20.5 Å². The van der Waals surface area contributed by atoms with Gasteiger partial charge in [-0.05, 0) is 49.7 Å². The molecule has 10 heteroatoms. The number of carbonyl (C=O) groups is 3. The Bertz CT molecular complexity index is 1210. The monoisotopic (exact) mass is 469 g/mol. The Balaban J connectivity index is 1.38. The zero-order chi connectivity index (χ0) is 24.0. The van der Waals surface area contributed by atoms with Gasteiger partial charge < -0.3 is 20.5 Å². The number of likely N-dealkylation sites (tertiary alicyclic amines) is 1. The van der Waals surface area contributed by atoms with Crippen molar-refractivity contribution in [3.8, 4) is 6.07 Å². The minimum absolute atomic E-state index is 0.0309. The number of amides is 3. The molecule has 2 aliphatic heterocycles. The molecule has 1 aromatic heterocycles. The molecule has 2 saturated heterocycles. The number of aromatic nitrogens is 1. The molecule has 2 aromatic rings. The number of aromatic amines is 1. The van der Waals surface area contributed by atoms with E-state index in [2.05, 4.69) is 21.7 Å². The molecule has 0 bridgehead atoms. The second-order valence-electron chi connectivity index (χ2n) is 9.49. The predicted molar refractivity (Wildman–Crippen MR) is 117 cm³/mol. The molecule has 5 rings (SSSR count). The molecule has 0 spiro atoms. The molecule has 3 unspecified atom stereocenters. The van der Waals surface area contributed by atoms with Crippen LogP contribution in [0.4, 0.5) is 8.78 Å². The van der Waals surface area contributed by atoms with Crippen LogP contribution in [-0.2, 0) is 9.59 Å². The second kappa shape index (κ2) is 8.70. The fourth-order valence-electron chi connectivity index (χ4n) is 5.84. The van der Waals surface area contributed by atoms with Gasteiger partial charge in [0, 0.05) is 30.5 Å². The van der Waals surface area contributed by atoms with Crippen LogP contribution in [0.1, 0.15) is 42.6 Å². The number of benzene rings is 1. The van der Waals surface area contributed by atoms with E-state index in [0.29, 0.717) is 19.5 Å². The average Bonchev–Trinajstić information content (AvgIpc) is 3.56. The van der Waals surface area contributed by atoms with Crippen LogP contribution in [0, 0.1) is 40.7 Å². The summed E-state index contributed by atoms with van der Waals surface area (Å²) < 4.78 is 27.8. The van der Waals surface area contributed by atoms with Crippen molar-refractivity contribution < 1.29 is 23.2 Å². The molecule has 3 amide bonds. The topological polar surface area (TPSA) is 118 Å². The Hall–Kier alpha value is -3.48. The van der Waals surface area contributed by atoms with E-state index in [9.17, 15) is 28.4 Å². The highest BCUT2D eigenvalue weighted by atomic mass is 19.1. The molecule has 3 aliphatic rings. The van der Waals surface area contributed by atoms with Gasteiger partial charge in [0.05, 0.1) is 11.6 Å². The second-order valence-corrected chi connectivity index (χ2v) is 9.49. The smallest absolute Gasteiger partial charge is 0.271 e. The quantitative estimate of drug-likeness (QED) is 0.622. The van der Waals surface area contributed by atoms with E-state index in [0.717, 1.165) is 31.4 Å². The van der Waals surface area contributed by atoms with Gasteiger partial charge in [-0.15, -0.1) is 0 Å². The number of hydrogen-bond acceptors (Lipinski definition) is 4. The third-order valence-electron chi connectivity index (χ3n) is 7.46. The third-order valence-corrected chi connectivity index (χ3v) is 7.46. The van der Waals surface area contributed by atoms with Crippen LogP contribution in [0.3, 0.4) is 0 Å². The lowest BCUT2D eigenvalue weighted by Gasteiger charge is -2.28. The zero-order valence-corrected chi connectivity index (χ0v) is 18.4. The summed E-state index contributed by atoms with van der Waals surface area (Å²) in [6.07, 6.45) is 3.48. The third kappa shape index (κ3) is 3.89. The molecule has 8 nitrogen and oxygen atoms in total. The van der Waals surface area contributed by atoms with Gasteiger partial charge in [0.15, 0.2) is 0 Å². The highest BCUT2D eigenvalue weighted by Crippen LogP contribution is 2.43. The van der Waals surface area contributed by atoms with E-state index >= 15 is 0 Å². The Morgan fingerprint density at radius 2 is 2.06 bits per heavy atom. The maximum atomic E-state index is 14.2. The van der Waals surface area contributed by atoms with Crippen molar-refractivity contribution in [3.63, 3.8) is 0 Å². The van der Waals surface area contributed by atoms with Crippen molar-refractivity contribution in [2.24, 2.45) is 17.8 Å². The largest absolute Gasteiger partial charge is 0.356 e. The van der Waals surface area contributed by atoms with E-state index in [1.54, 1.807) is 0 Å². The van der Waals surface area contributed by atoms with Gasteiger partial charge in [-0.25, -0.2) is 8.78 Å². The minimum atomic E-state index is -0.844.